The Morgan fingerprint density at radius 3 is 2.85 bits per heavy atom. The van der Waals surface area contributed by atoms with Crippen molar-refractivity contribution in [2.75, 3.05) is 19.7 Å². The van der Waals surface area contributed by atoms with Gasteiger partial charge in [0.25, 0.3) is 5.91 Å². The second-order valence-electron chi connectivity index (χ2n) is 9.57. The number of carbonyl (C=O) groups excluding carboxylic acids is 4. The average Bonchev–Trinajstić information content (AvgIpc) is 3.61. The smallest absolute Gasteiger partial charge is 0.271 e. The van der Waals surface area contributed by atoms with Gasteiger partial charge in [-0.1, -0.05) is 6.42 Å². The number of carbonyl (C=O) groups is 4. The van der Waals surface area contributed by atoms with E-state index in [2.05, 4.69) is 20.6 Å². The second kappa shape index (κ2) is 9.17. The van der Waals surface area contributed by atoms with Gasteiger partial charge in [0.1, 0.15) is 18.3 Å². The maximum absolute atomic E-state index is 13.5. The molecule has 1 saturated carbocycles. The van der Waals surface area contributed by atoms with Gasteiger partial charge in [-0.15, -0.1) is 0 Å². The highest BCUT2D eigenvalue weighted by molar-refractivity contribution is 6.01. The zero-order chi connectivity index (χ0) is 23.8. The Kier molecular flexibility index (Phi) is 6.07. The molecule has 4 heterocycles. The van der Waals surface area contributed by atoms with Gasteiger partial charge in [0.2, 0.25) is 11.8 Å². The molecule has 1 aliphatic carbocycles. The average molecular weight is 468 g/mol. The minimum atomic E-state index is -0.971. The molecule has 5 atom stereocenters. The molecule has 2 aromatic heterocycles. The Morgan fingerprint density at radius 2 is 2.12 bits per heavy atom. The summed E-state index contributed by atoms with van der Waals surface area (Å²) in [5.41, 5.74) is 1.79. The third-order valence-electron chi connectivity index (χ3n) is 7.58. The summed E-state index contributed by atoms with van der Waals surface area (Å²) >= 11 is 0. The van der Waals surface area contributed by atoms with E-state index in [0.717, 1.165) is 24.8 Å². The van der Waals surface area contributed by atoms with Crippen molar-refractivity contribution in [2.45, 2.75) is 44.2 Å². The minimum Gasteiger partial charge on any atom is -0.389 e. The van der Waals surface area contributed by atoms with Gasteiger partial charge in [0.05, 0.1) is 17.1 Å². The van der Waals surface area contributed by atoms with E-state index in [1.54, 1.807) is 23.2 Å². The van der Waals surface area contributed by atoms with Crippen LogP contribution in [0.3, 0.4) is 0 Å². The zero-order valence-electron chi connectivity index (χ0n) is 18.8. The summed E-state index contributed by atoms with van der Waals surface area (Å²) in [4.78, 5) is 60.5. The molecule has 10 heteroatoms. The molecule has 0 aromatic carbocycles. The molecule has 3 amide bonds. The Bertz CT molecular complexity index is 1100. The number of aromatic amines is 1. The molecule has 0 radical (unpaired) electrons. The summed E-state index contributed by atoms with van der Waals surface area (Å²) < 4.78 is 0. The van der Waals surface area contributed by atoms with Crippen LogP contribution in [0.5, 0.6) is 0 Å². The number of rotatable bonds is 7. The van der Waals surface area contributed by atoms with Crippen LogP contribution < -0.4 is 10.6 Å². The number of H-pyrrole nitrogens is 1. The van der Waals surface area contributed by atoms with E-state index >= 15 is 0 Å². The van der Waals surface area contributed by atoms with Crippen LogP contribution in [0.15, 0.2) is 24.4 Å². The third kappa shape index (κ3) is 4.06. The summed E-state index contributed by atoms with van der Waals surface area (Å²) in [6.45, 7) is 0.292. The monoisotopic (exact) mass is 467 g/mol. The maximum atomic E-state index is 13.5. The number of hydrogen-bond donors (Lipinski definition) is 4. The molecule has 5 rings (SSSR count). The summed E-state index contributed by atoms with van der Waals surface area (Å²) in [5, 5.41) is 15.0. The Morgan fingerprint density at radius 1 is 1.26 bits per heavy atom. The molecular weight excluding hydrogens is 438 g/mol. The van der Waals surface area contributed by atoms with Gasteiger partial charge in [-0.2, -0.15) is 0 Å². The molecule has 4 N–H and O–H groups in total. The predicted octanol–water partition coefficient (Wildman–Crippen LogP) is 0.376. The quantitative estimate of drug-likeness (QED) is 0.463. The number of hydrogen-bond acceptors (Lipinski definition) is 6. The molecule has 3 aliphatic rings. The van der Waals surface area contributed by atoms with Crippen LogP contribution in [0.4, 0.5) is 0 Å². The van der Waals surface area contributed by atoms with Crippen LogP contribution in [0.2, 0.25) is 0 Å². The van der Waals surface area contributed by atoms with E-state index in [1.807, 2.05) is 6.07 Å². The first-order chi connectivity index (χ1) is 16.5. The van der Waals surface area contributed by atoms with Gasteiger partial charge < -0.3 is 25.6 Å². The second-order valence-corrected chi connectivity index (χ2v) is 9.57. The standard InChI is InChI=1S/C24H29N5O5/c30-12-20(31)18(9-13-6-8-26-22(13)32)28-23(33)21-15-4-1-3-14(15)11-29(21)24(34)19-10-17-16(27-19)5-2-7-25-17/h2,5,7,10,13-15,18,21,27,30H,1,3-4,6,8-9,11-12H2,(H,26,32)(H,28,33)/t13-,14-,15-,18?,21-/m0/s1. The zero-order valence-corrected chi connectivity index (χ0v) is 18.8. The molecule has 2 saturated heterocycles. The summed E-state index contributed by atoms with van der Waals surface area (Å²) in [5.74, 6) is -1.49. The number of amides is 3. The molecule has 2 aliphatic heterocycles. The van der Waals surface area contributed by atoms with Crippen molar-refractivity contribution < 1.29 is 24.3 Å². The normalized spacial score (nSPS) is 27.0. The van der Waals surface area contributed by atoms with Gasteiger partial charge >= 0.3 is 0 Å². The molecule has 10 nitrogen and oxygen atoms in total. The van der Waals surface area contributed by atoms with E-state index in [0.29, 0.717) is 30.7 Å². The van der Waals surface area contributed by atoms with Crippen molar-refractivity contribution >= 4 is 34.5 Å². The lowest BCUT2D eigenvalue weighted by Gasteiger charge is -2.29. The Balaban J connectivity index is 1.38. The number of aliphatic hydroxyl groups excluding tert-OH is 1. The largest absolute Gasteiger partial charge is 0.389 e. The maximum Gasteiger partial charge on any atom is 0.271 e. The van der Waals surface area contributed by atoms with E-state index in [4.69, 9.17) is 0 Å². The molecule has 0 spiro atoms. The SMILES string of the molecule is O=C(CO)C(C[C@@H]1CCNC1=O)NC(=O)[C@@H]1[C@H]2CCC[C@H]2CN1C(=O)c1cc2ncccc2[nH]1. The van der Waals surface area contributed by atoms with Crippen LogP contribution in [-0.4, -0.2) is 75.3 Å². The number of nitrogens with one attached hydrogen (secondary N) is 3. The van der Waals surface area contributed by atoms with Crippen molar-refractivity contribution in [3.8, 4) is 0 Å². The number of aliphatic hydroxyl groups is 1. The third-order valence-corrected chi connectivity index (χ3v) is 7.58. The Hall–Kier alpha value is -3.27. The van der Waals surface area contributed by atoms with Crippen LogP contribution >= 0.6 is 0 Å². The van der Waals surface area contributed by atoms with Crippen LogP contribution in [0, 0.1) is 17.8 Å². The minimum absolute atomic E-state index is 0.0195. The predicted molar refractivity (Wildman–Crippen MR) is 122 cm³/mol. The molecular formula is C24H29N5O5. The number of aromatic nitrogens is 2. The molecule has 34 heavy (non-hydrogen) atoms. The van der Waals surface area contributed by atoms with E-state index in [9.17, 15) is 24.3 Å². The first kappa shape index (κ1) is 22.5. The van der Waals surface area contributed by atoms with Gasteiger partial charge in [-0.05, 0) is 55.7 Å². The van der Waals surface area contributed by atoms with E-state index in [1.165, 1.54) is 0 Å². The number of fused-ring (bicyclic) bond motifs is 2. The van der Waals surface area contributed by atoms with Crippen LogP contribution in [0.25, 0.3) is 11.0 Å². The highest BCUT2D eigenvalue weighted by Gasteiger charge is 2.50. The number of pyridine rings is 1. The summed E-state index contributed by atoms with van der Waals surface area (Å²) in [6.07, 6.45) is 5.16. The lowest BCUT2D eigenvalue weighted by molar-refractivity contribution is -0.133. The first-order valence-corrected chi connectivity index (χ1v) is 11.9. The van der Waals surface area contributed by atoms with Gasteiger partial charge in [0.15, 0.2) is 5.78 Å². The molecule has 2 aromatic rings. The van der Waals surface area contributed by atoms with E-state index in [-0.39, 0.29) is 36.0 Å². The number of nitrogens with zero attached hydrogens (tertiary/aromatic N) is 2. The van der Waals surface area contributed by atoms with Gasteiger partial charge in [-0.3, -0.25) is 24.2 Å². The number of Topliss-reactive ketones (excluding diaryl/α,β-unsaturated/α-hetero) is 1. The molecule has 1 unspecified atom stereocenters. The van der Waals surface area contributed by atoms with Crippen molar-refractivity contribution in [2.24, 2.45) is 17.8 Å². The number of ketones is 1. The topological polar surface area (TPSA) is 144 Å². The molecule has 0 bridgehead atoms. The van der Waals surface area contributed by atoms with Gasteiger partial charge in [0, 0.05) is 25.2 Å². The highest BCUT2D eigenvalue weighted by Crippen LogP contribution is 2.43. The Labute approximate surface area is 196 Å². The summed E-state index contributed by atoms with van der Waals surface area (Å²) in [7, 11) is 0. The lowest BCUT2D eigenvalue weighted by atomic mass is 9.92. The fraction of sp³-hybridized carbons (Fsp3) is 0.542. The van der Waals surface area contributed by atoms with Crippen LogP contribution in [0.1, 0.15) is 42.6 Å². The molecule has 3 fully saturated rings. The van der Waals surface area contributed by atoms with Crippen LogP contribution in [-0.2, 0) is 14.4 Å². The van der Waals surface area contributed by atoms with Crippen molar-refractivity contribution in [1.29, 1.82) is 0 Å². The summed E-state index contributed by atoms with van der Waals surface area (Å²) in [6, 6.07) is 3.64. The van der Waals surface area contributed by atoms with E-state index < -0.39 is 30.4 Å². The number of likely N-dealkylation sites (tertiary alicyclic amines) is 1. The lowest BCUT2D eigenvalue weighted by Crippen LogP contribution is -2.53. The first-order valence-electron chi connectivity index (χ1n) is 11.9. The highest BCUT2D eigenvalue weighted by atomic mass is 16.3. The fourth-order valence-electron chi connectivity index (χ4n) is 5.87. The molecule has 180 valence electrons. The van der Waals surface area contributed by atoms with Gasteiger partial charge in [-0.25, -0.2) is 0 Å². The fourth-order valence-corrected chi connectivity index (χ4v) is 5.87. The van der Waals surface area contributed by atoms with Crippen molar-refractivity contribution in [1.82, 2.24) is 25.5 Å². The van der Waals surface area contributed by atoms with Crippen molar-refractivity contribution in [3.63, 3.8) is 0 Å². The van der Waals surface area contributed by atoms with Crippen molar-refractivity contribution in [3.05, 3.63) is 30.1 Å².